The molecule has 0 saturated heterocycles. The predicted molar refractivity (Wildman–Crippen MR) is 127 cm³/mol. The van der Waals surface area contributed by atoms with Gasteiger partial charge in [-0.15, -0.1) is 0 Å². The zero-order valence-corrected chi connectivity index (χ0v) is 18.5. The number of nitrogens with two attached hydrogens (primary N) is 1. The lowest BCUT2D eigenvalue weighted by atomic mass is 9.93. The van der Waals surface area contributed by atoms with Gasteiger partial charge in [0.2, 0.25) is 0 Å². The molecule has 4 rings (SSSR count). The summed E-state index contributed by atoms with van der Waals surface area (Å²) in [6.45, 7) is 1.95. The molecule has 1 aliphatic carbocycles. The average Bonchev–Trinajstić information content (AvgIpc) is 2.81. The minimum atomic E-state index is -0.667. The Balaban J connectivity index is 1.61. The molecule has 0 radical (unpaired) electrons. The van der Waals surface area contributed by atoms with E-state index in [4.69, 9.17) is 5.73 Å². The Bertz CT molecular complexity index is 1180. The second-order valence-electron chi connectivity index (χ2n) is 8.16. The van der Waals surface area contributed by atoms with E-state index < -0.39 is 5.91 Å². The molecule has 0 bridgehead atoms. The number of nitrogens with one attached hydrogen (secondary N) is 2. The Hall–Kier alpha value is -3.72. The Labute approximate surface area is 191 Å². The number of amides is 1. The molecule has 0 unspecified atom stereocenters. The SMILES string of the molecule is CCc1nc(C(N)=O)c(Nc2ccc(-n3ccccc3=O)cc2)nc1NC1CCC(O)CC1. The van der Waals surface area contributed by atoms with E-state index >= 15 is 0 Å². The number of nitrogens with zero attached hydrogens (tertiary/aromatic N) is 3. The first-order chi connectivity index (χ1) is 15.9. The van der Waals surface area contributed by atoms with Crippen LogP contribution < -0.4 is 21.9 Å². The van der Waals surface area contributed by atoms with Crippen LogP contribution in [0.3, 0.4) is 0 Å². The van der Waals surface area contributed by atoms with Crippen molar-refractivity contribution in [2.24, 2.45) is 5.73 Å². The van der Waals surface area contributed by atoms with Crippen molar-refractivity contribution in [1.82, 2.24) is 14.5 Å². The fourth-order valence-corrected chi connectivity index (χ4v) is 3.99. The molecule has 9 nitrogen and oxygen atoms in total. The zero-order valence-electron chi connectivity index (χ0n) is 18.5. The van der Waals surface area contributed by atoms with Gasteiger partial charge in [0.15, 0.2) is 11.5 Å². The number of hydrogen-bond acceptors (Lipinski definition) is 7. The molecule has 1 aliphatic rings. The van der Waals surface area contributed by atoms with Crippen LogP contribution in [0.15, 0.2) is 53.5 Å². The first-order valence-corrected chi connectivity index (χ1v) is 11.1. The van der Waals surface area contributed by atoms with Gasteiger partial charge in [-0.3, -0.25) is 14.2 Å². The highest BCUT2D eigenvalue weighted by molar-refractivity contribution is 5.96. The minimum Gasteiger partial charge on any atom is -0.393 e. The summed E-state index contributed by atoms with van der Waals surface area (Å²) in [6.07, 6.45) is 5.21. The van der Waals surface area contributed by atoms with Crippen LogP contribution in [0.5, 0.6) is 0 Å². The van der Waals surface area contributed by atoms with E-state index in [2.05, 4.69) is 20.6 Å². The van der Waals surface area contributed by atoms with Gasteiger partial charge in [0.1, 0.15) is 5.82 Å². The zero-order chi connectivity index (χ0) is 23.4. The minimum absolute atomic E-state index is 0.0693. The standard InChI is InChI=1S/C24H28N6O3/c1-2-19-23(26-16-8-12-18(31)13-9-16)29-24(21(28-19)22(25)33)27-15-6-10-17(11-7-15)30-14-4-3-5-20(30)32/h3-7,10-11,14,16,18,31H,2,8-9,12-13H2,1H3,(H2,25,33)(H2,26,27,29). The smallest absolute Gasteiger partial charge is 0.271 e. The molecule has 3 aromatic rings. The van der Waals surface area contributed by atoms with Crippen LogP contribution in [0, 0.1) is 0 Å². The molecular formula is C24H28N6O3. The summed E-state index contributed by atoms with van der Waals surface area (Å²) in [4.78, 5) is 33.3. The van der Waals surface area contributed by atoms with Gasteiger partial charge >= 0.3 is 0 Å². The molecule has 2 heterocycles. The lowest BCUT2D eigenvalue weighted by molar-refractivity contribution is 0.0996. The molecule has 33 heavy (non-hydrogen) atoms. The van der Waals surface area contributed by atoms with E-state index in [1.165, 1.54) is 10.6 Å². The van der Waals surface area contributed by atoms with Gasteiger partial charge in [-0.05, 0) is 62.4 Å². The van der Waals surface area contributed by atoms with Crippen molar-refractivity contribution >= 4 is 23.2 Å². The monoisotopic (exact) mass is 448 g/mol. The number of carbonyl (C=O) groups is 1. The molecule has 9 heteroatoms. The molecule has 0 spiro atoms. The van der Waals surface area contributed by atoms with Crippen LogP contribution in [-0.4, -0.2) is 37.7 Å². The first kappa shape index (κ1) is 22.5. The number of aromatic nitrogens is 3. The van der Waals surface area contributed by atoms with Crippen LogP contribution in [0.1, 0.15) is 48.8 Å². The van der Waals surface area contributed by atoms with E-state index in [-0.39, 0.29) is 29.2 Å². The number of anilines is 3. The second kappa shape index (κ2) is 9.83. The Morgan fingerprint density at radius 3 is 2.45 bits per heavy atom. The molecule has 1 amide bonds. The summed E-state index contributed by atoms with van der Waals surface area (Å²) in [5, 5.41) is 16.3. The predicted octanol–water partition coefficient (Wildman–Crippen LogP) is 2.75. The highest BCUT2D eigenvalue weighted by Gasteiger charge is 2.23. The fourth-order valence-electron chi connectivity index (χ4n) is 3.99. The van der Waals surface area contributed by atoms with Crippen molar-refractivity contribution in [3.05, 3.63) is 70.4 Å². The normalized spacial score (nSPS) is 18.0. The summed E-state index contributed by atoms with van der Waals surface area (Å²) in [7, 11) is 0. The van der Waals surface area contributed by atoms with Gasteiger partial charge in [-0.25, -0.2) is 9.97 Å². The van der Waals surface area contributed by atoms with Crippen molar-refractivity contribution in [1.29, 1.82) is 0 Å². The van der Waals surface area contributed by atoms with Crippen LogP contribution in [-0.2, 0) is 6.42 Å². The Morgan fingerprint density at radius 1 is 1.09 bits per heavy atom. The number of aliphatic hydroxyl groups excluding tert-OH is 1. The Morgan fingerprint density at radius 2 is 1.82 bits per heavy atom. The van der Waals surface area contributed by atoms with Crippen LogP contribution in [0.25, 0.3) is 5.69 Å². The number of primary amides is 1. The third kappa shape index (κ3) is 5.20. The summed E-state index contributed by atoms with van der Waals surface area (Å²) >= 11 is 0. The Kier molecular flexibility index (Phi) is 6.69. The number of rotatable bonds is 7. The van der Waals surface area contributed by atoms with Crippen molar-refractivity contribution in [3.8, 4) is 5.69 Å². The van der Waals surface area contributed by atoms with Crippen molar-refractivity contribution in [2.45, 2.75) is 51.2 Å². The van der Waals surface area contributed by atoms with Crippen molar-refractivity contribution < 1.29 is 9.90 Å². The number of aryl methyl sites for hydroxylation is 1. The maximum absolute atomic E-state index is 12.1. The molecule has 5 N–H and O–H groups in total. The lowest BCUT2D eigenvalue weighted by Crippen LogP contribution is -2.29. The number of aliphatic hydroxyl groups is 1. The quantitative estimate of drug-likeness (QED) is 0.436. The largest absolute Gasteiger partial charge is 0.393 e. The third-order valence-corrected chi connectivity index (χ3v) is 5.80. The van der Waals surface area contributed by atoms with Gasteiger partial charge < -0.3 is 21.5 Å². The van der Waals surface area contributed by atoms with Crippen molar-refractivity contribution in [3.63, 3.8) is 0 Å². The molecule has 1 saturated carbocycles. The summed E-state index contributed by atoms with van der Waals surface area (Å²) in [6, 6.07) is 12.4. The molecule has 172 valence electrons. The van der Waals surface area contributed by atoms with Gasteiger partial charge in [0.05, 0.1) is 11.8 Å². The number of carbonyl (C=O) groups excluding carboxylic acids is 1. The van der Waals surface area contributed by atoms with E-state index in [1.54, 1.807) is 42.6 Å². The van der Waals surface area contributed by atoms with Crippen LogP contribution >= 0.6 is 0 Å². The molecule has 0 aliphatic heterocycles. The summed E-state index contributed by atoms with van der Waals surface area (Å²) in [5.41, 5.74) is 7.60. The molecular weight excluding hydrogens is 420 g/mol. The third-order valence-electron chi connectivity index (χ3n) is 5.80. The molecule has 2 aromatic heterocycles. The van der Waals surface area contributed by atoms with Gasteiger partial charge in [0, 0.05) is 29.7 Å². The topological polar surface area (TPSA) is 135 Å². The highest BCUT2D eigenvalue weighted by atomic mass is 16.3. The fraction of sp³-hybridized carbons (Fsp3) is 0.333. The summed E-state index contributed by atoms with van der Waals surface area (Å²) < 4.78 is 1.54. The van der Waals surface area contributed by atoms with E-state index in [0.717, 1.165) is 31.4 Å². The van der Waals surface area contributed by atoms with Gasteiger partial charge in [-0.1, -0.05) is 13.0 Å². The van der Waals surface area contributed by atoms with Crippen LogP contribution in [0.2, 0.25) is 0 Å². The van der Waals surface area contributed by atoms with E-state index in [9.17, 15) is 14.7 Å². The number of benzene rings is 1. The number of hydrogen-bond donors (Lipinski definition) is 4. The molecule has 1 fully saturated rings. The maximum atomic E-state index is 12.1. The van der Waals surface area contributed by atoms with E-state index in [0.29, 0.717) is 23.6 Å². The van der Waals surface area contributed by atoms with Gasteiger partial charge in [-0.2, -0.15) is 0 Å². The van der Waals surface area contributed by atoms with Gasteiger partial charge in [0.25, 0.3) is 11.5 Å². The summed E-state index contributed by atoms with van der Waals surface area (Å²) in [5.74, 6) is 0.209. The number of pyridine rings is 1. The average molecular weight is 449 g/mol. The second-order valence-corrected chi connectivity index (χ2v) is 8.16. The van der Waals surface area contributed by atoms with Crippen molar-refractivity contribution in [2.75, 3.05) is 10.6 Å². The maximum Gasteiger partial charge on any atom is 0.271 e. The lowest BCUT2D eigenvalue weighted by Gasteiger charge is -2.27. The van der Waals surface area contributed by atoms with E-state index in [1.807, 2.05) is 6.92 Å². The van der Waals surface area contributed by atoms with Crippen LogP contribution in [0.4, 0.5) is 17.3 Å². The first-order valence-electron chi connectivity index (χ1n) is 11.1. The molecule has 0 atom stereocenters. The molecule has 1 aromatic carbocycles. The highest BCUT2D eigenvalue weighted by Crippen LogP contribution is 2.26.